The molecule has 1 rings (SSSR count). The lowest BCUT2D eigenvalue weighted by atomic mass is 10.1. The summed E-state index contributed by atoms with van der Waals surface area (Å²) in [7, 11) is 0. The van der Waals surface area contributed by atoms with Gasteiger partial charge < -0.3 is 10.6 Å². The van der Waals surface area contributed by atoms with Crippen molar-refractivity contribution in [3.63, 3.8) is 0 Å². The van der Waals surface area contributed by atoms with Crippen molar-refractivity contribution in [1.29, 1.82) is 0 Å². The number of carbonyl (C=O) groups is 2. The van der Waals surface area contributed by atoms with E-state index in [2.05, 4.69) is 30.2 Å². The van der Waals surface area contributed by atoms with Gasteiger partial charge in [0.2, 0.25) is 11.8 Å². The van der Waals surface area contributed by atoms with E-state index in [4.69, 9.17) is 0 Å². The Bertz CT molecular complexity index is 407. The summed E-state index contributed by atoms with van der Waals surface area (Å²) in [6.07, 6.45) is 1.86. The van der Waals surface area contributed by atoms with E-state index in [-0.39, 0.29) is 23.6 Å². The van der Waals surface area contributed by atoms with Crippen LogP contribution in [-0.2, 0) is 9.59 Å². The van der Waals surface area contributed by atoms with Crippen molar-refractivity contribution in [2.75, 3.05) is 5.75 Å². The summed E-state index contributed by atoms with van der Waals surface area (Å²) in [5, 5.41) is 7.58. The minimum atomic E-state index is -0.583. The molecule has 0 fully saturated rings. The number of nitrogens with one attached hydrogen (secondary N) is 2. The summed E-state index contributed by atoms with van der Waals surface area (Å²) in [4.78, 5) is 24.3. The standard InChI is InChI=1S/C13H20N2O2S2/c1-3-5-10(12-6-4-7-19-12)15-13(17)11(8-18)14-9(2)16/h4,6-7,10-11,18H,3,5,8H2,1-2H3,(H,14,16)(H,15,17). The molecule has 6 heteroatoms. The van der Waals surface area contributed by atoms with E-state index in [9.17, 15) is 9.59 Å². The van der Waals surface area contributed by atoms with Gasteiger partial charge in [-0.2, -0.15) is 12.6 Å². The molecule has 0 aromatic carbocycles. The Labute approximate surface area is 123 Å². The molecule has 4 nitrogen and oxygen atoms in total. The second-order valence-electron chi connectivity index (χ2n) is 4.30. The Kier molecular flexibility index (Phi) is 6.94. The van der Waals surface area contributed by atoms with Crippen molar-refractivity contribution in [1.82, 2.24) is 10.6 Å². The molecular formula is C13H20N2O2S2. The molecule has 106 valence electrons. The van der Waals surface area contributed by atoms with E-state index >= 15 is 0 Å². The third-order valence-electron chi connectivity index (χ3n) is 2.66. The van der Waals surface area contributed by atoms with Crippen molar-refractivity contribution >= 4 is 35.8 Å². The molecule has 2 atom stereocenters. The predicted molar refractivity (Wildman–Crippen MR) is 81.6 cm³/mol. The maximum absolute atomic E-state index is 12.1. The van der Waals surface area contributed by atoms with Crippen molar-refractivity contribution < 1.29 is 9.59 Å². The average Bonchev–Trinajstić information content (AvgIpc) is 2.88. The zero-order valence-corrected chi connectivity index (χ0v) is 12.9. The fourth-order valence-electron chi connectivity index (χ4n) is 1.78. The maximum atomic E-state index is 12.1. The topological polar surface area (TPSA) is 58.2 Å². The third kappa shape index (κ3) is 5.24. The van der Waals surface area contributed by atoms with E-state index in [1.165, 1.54) is 6.92 Å². The molecule has 1 heterocycles. The lowest BCUT2D eigenvalue weighted by Gasteiger charge is -2.21. The van der Waals surface area contributed by atoms with Crippen LogP contribution in [0.25, 0.3) is 0 Å². The largest absolute Gasteiger partial charge is 0.347 e. The number of hydrogen-bond donors (Lipinski definition) is 3. The molecule has 0 spiro atoms. The van der Waals surface area contributed by atoms with Gasteiger partial charge in [-0.3, -0.25) is 9.59 Å². The van der Waals surface area contributed by atoms with E-state index in [0.29, 0.717) is 0 Å². The Morgan fingerprint density at radius 2 is 2.16 bits per heavy atom. The Hall–Kier alpha value is -1.01. The van der Waals surface area contributed by atoms with Gasteiger partial charge in [0.15, 0.2) is 0 Å². The summed E-state index contributed by atoms with van der Waals surface area (Å²) in [5.41, 5.74) is 0. The zero-order valence-electron chi connectivity index (χ0n) is 11.2. The number of thiophene rings is 1. The van der Waals surface area contributed by atoms with E-state index < -0.39 is 6.04 Å². The van der Waals surface area contributed by atoms with Crippen LogP contribution in [0.3, 0.4) is 0 Å². The lowest BCUT2D eigenvalue weighted by Crippen LogP contribution is -2.48. The van der Waals surface area contributed by atoms with Crippen molar-refractivity contribution in [3.8, 4) is 0 Å². The number of carbonyl (C=O) groups excluding carboxylic acids is 2. The van der Waals surface area contributed by atoms with Gasteiger partial charge in [-0.25, -0.2) is 0 Å². The van der Waals surface area contributed by atoms with Crippen LogP contribution < -0.4 is 10.6 Å². The molecule has 0 saturated carbocycles. The summed E-state index contributed by atoms with van der Waals surface area (Å²) in [5.74, 6) is -0.122. The third-order valence-corrected chi connectivity index (χ3v) is 4.01. The molecule has 0 aliphatic carbocycles. The number of thiol groups is 1. The van der Waals surface area contributed by atoms with E-state index in [0.717, 1.165) is 17.7 Å². The van der Waals surface area contributed by atoms with Gasteiger partial charge in [-0.1, -0.05) is 19.4 Å². The molecular weight excluding hydrogens is 280 g/mol. The molecule has 0 aliphatic heterocycles. The number of hydrogen-bond acceptors (Lipinski definition) is 4. The minimum Gasteiger partial charge on any atom is -0.347 e. The molecule has 0 bridgehead atoms. The van der Waals surface area contributed by atoms with E-state index in [1.807, 2.05) is 17.5 Å². The van der Waals surface area contributed by atoms with E-state index in [1.54, 1.807) is 11.3 Å². The zero-order chi connectivity index (χ0) is 14.3. The summed E-state index contributed by atoms with van der Waals surface area (Å²) < 4.78 is 0. The Morgan fingerprint density at radius 1 is 1.42 bits per heavy atom. The highest BCUT2D eigenvalue weighted by atomic mass is 32.1. The SMILES string of the molecule is CCCC(NC(=O)C(CS)NC(C)=O)c1cccs1. The summed E-state index contributed by atoms with van der Waals surface area (Å²) >= 11 is 5.73. The fraction of sp³-hybridized carbons (Fsp3) is 0.538. The van der Waals surface area contributed by atoms with Gasteiger partial charge in [0.05, 0.1) is 6.04 Å². The smallest absolute Gasteiger partial charge is 0.243 e. The van der Waals surface area contributed by atoms with Gasteiger partial charge in [0.25, 0.3) is 0 Å². The van der Waals surface area contributed by atoms with Crippen molar-refractivity contribution in [2.24, 2.45) is 0 Å². The quantitative estimate of drug-likeness (QED) is 0.676. The molecule has 0 saturated heterocycles. The molecule has 1 aromatic rings. The minimum absolute atomic E-state index is 0.00800. The van der Waals surface area contributed by atoms with Gasteiger partial charge in [-0.15, -0.1) is 11.3 Å². The van der Waals surface area contributed by atoms with Crippen LogP contribution in [-0.4, -0.2) is 23.6 Å². The van der Waals surface area contributed by atoms with Crippen molar-refractivity contribution in [2.45, 2.75) is 38.8 Å². The molecule has 2 unspecified atom stereocenters. The highest BCUT2D eigenvalue weighted by Crippen LogP contribution is 2.23. The monoisotopic (exact) mass is 300 g/mol. The van der Waals surface area contributed by atoms with Gasteiger partial charge in [-0.05, 0) is 17.9 Å². The summed E-state index contributed by atoms with van der Waals surface area (Å²) in [6.45, 7) is 3.48. The van der Waals surface area contributed by atoms with Crippen LogP contribution in [0.2, 0.25) is 0 Å². The van der Waals surface area contributed by atoms with Gasteiger partial charge in [0.1, 0.15) is 6.04 Å². The highest BCUT2D eigenvalue weighted by molar-refractivity contribution is 7.80. The first-order valence-electron chi connectivity index (χ1n) is 6.30. The maximum Gasteiger partial charge on any atom is 0.243 e. The Balaban J connectivity index is 2.67. The first-order valence-corrected chi connectivity index (χ1v) is 7.81. The lowest BCUT2D eigenvalue weighted by molar-refractivity contribution is -0.128. The molecule has 19 heavy (non-hydrogen) atoms. The second kappa shape index (κ2) is 8.22. The number of rotatable bonds is 7. The number of amides is 2. The predicted octanol–water partition coefficient (Wildman–Crippen LogP) is 2.14. The second-order valence-corrected chi connectivity index (χ2v) is 5.65. The van der Waals surface area contributed by atoms with Crippen LogP contribution in [0.1, 0.15) is 37.6 Å². The van der Waals surface area contributed by atoms with Crippen molar-refractivity contribution in [3.05, 3.63) is 22.4 Å². The molecule has 0 radical (unpaired) electrons. The molecule has 2 N–H and O–H groups in total. The highest BCUT2D eigenvalue weighted by Gasteiger charge is 2.21. The van der Waals surface area contributed by atoms with Crippen LogP contribution in [0.4, 0.5) is 0 Å². The van der Waals surface area contributed by atoms with Gasteiger partial charge >= 0.3 is 0 Å². The van der Waals surface area contributed by atoms with Crippen LogP contribution >= 0.6 is 24.0 Å². The summed E-state index contributed by atoms with van der Waals surface area (Å²) in [6, 6.07) is 3.41. The average molecular weight is 300 g/mol. The van der Waals surface area contributed by atoms with Crippen LogP contribution in [0.5, 0.6) is 0 Å². The first kappa shape index (κ1) is 16.0. The fourth-order valence-corrected chi connectivity index (χ4v) is 2.85. The molecule has 2 amide bonds. The van der Waals surface area contributed by atoms with Gasteiger partial charge in [0, 0.05) is 17.6 Å². The Morgan fingerprint density at radius 3 is 2.63 bits per heavy atom. The molecule has 1 aromatic heterocycles. The first-order chi connectivity index (χ1) is 9.08. The van der Waals surface area contributed by atoms with Crippen LogP contribution in [0, 0.1) is 0 Å². The van der Waals surface area contributed by atoms with Crippen LogP contribution in [0.15, 0.2) is 17.5 Å². The normalized spacial score (nSPS) is 13.6. The molecule has 0 aliphatic rings.